The van der Waals surface area contributed by atoms with Crippen LogP contribution in [0.25, 0.3) is 6.08 Å². The maximum absolute atomic E-state index is 12.4. The summed E-state index contributed by atoms with van der Waals surface area (Å²) in [6, 6.07) is 9.69. The third kappa shape index (κ3) is 4.39. The number of hydrogen-bond acceptors (Lipinski definition) is 4. The highest BCUT2D eigenvalue weighted by Crippen LogP contribution is 2.25. The predicted molar refractivity (Wildman–Crippen MR) is 92.9 cm³/mol. The number of halogens is 1. The number of nitro benzene ring substituents is 1. The number of allylic oxidation sites excluding steroid dienone is 1. The average Bonchev–Trinajstić information content (AvgIpc) is 2.53. The minimum atomic E-state index is -0.562. The molecule has 0 unspecified atom stereocenters. The van der Waals surface area contributed by atoms with Crippen LogP contribution in [0.4, 0.5) is 5.69 Å². The van der Waals surface area contributed by atoms with Gasteiger partial charge >= 0.3 is 0 Å². The number of hydrogen-bond donors (Lipinski definition) is 0. The molecule has 0 N–H and O–H groups in total. The minimum Gasteiger partial charge on any atom is -0.269 e. The van der Waals surface area contributed by atoms with Crippen molar-refractivity contribution >= 4 is 29.3 Å². The van der Waals surface area contributed by atoms with E-state index >= 15 is 0 Å². The standard InChI is InChI=1S/C17H16ClN3O3/c1-12(2)19-16-5-3-4-10-20(16)17(22)9-7-13-6-8-14(18)15(11-13)21(23)24/h3-12H,1-2H3/b9-7-,19-16?. The zero-order valence-electron chi connectivity index (χ0n) is 13.2. The lowest BCUT2D eigenvalue weighted by molar-refractivity contribution is -0.384. The summed E-state index contributed by atoms with van der Waals surface area (Å²) in [4.78, 5) is 27.1. The molecule has 0 bridgehead atoms. The van der Waals surface area contributed by atoms with E-state index in [1.165, 1.54) is 28.9 Å². The van der Waals surface area contributed by atoms with E-state index in [-0.39, 0.29) is 22.7 Å². The van der Waals surface area contributed by atoms with Gasteiger partial charge < -0.3 is 0 Å². The van der Waals surface area contributed by atoms with E-state index in [9.17, 15) is 14.9 Å². The van der Waals surface area contributed by atoms with Crippen LogP contribution in [-0.2, 0) is 0 Å². The van der Waals surface area contributed by atoms with Gasteiger partial charge in [0.05, 0.1) is 4.92 Å². The lowest BCUT2D eigenvalue weighted by Crippen LogP contribution is -2.26. The molecule has 0 aliphatic rings. The number of nitrogens with zero attached hydrogens (tertiary/aromatic N) is 3. The number of benzene rings is 1. The Bertz CT molecular complexity index is 869. The molecule has 0 spiro atoms. The lowest BCUT2D eigenvalue weighted by atomic mass is 10.2. The van der Waals surface area contributed by atoms with E-state index in [1.807, 2.05) is 13.8 Å². The maximum Gasteiger partial charge on any atom is 0.288 e. The number of nitro groups is 1. The molecule has 0 fully saturated rings. The first-order valence-electron chi connectivity index (χ1n) is 7.26. The highest BCUT2D eigenvalue weighted by molar-refractivity contribution is 6.32. The Hall–Kier alpha value is -2.73. The Kier molecular flexibility index (Phi) is 5.65. The van der Waals surface area contributed by atoms with Gasteiger partial charge in [-0.05, 0) is 43.7 Å². The highest BCUT2D eigenvalue weighted by atomic mass is 35.5. The van der Waals surface area contributed by atoms with Crippen molar-refractivity contribution in [1.82, 2.24) is 4.57 Å². The van der Waals surface area contributed by atoms with Crippen LogP contribution in [0.3, 0.4) is 0 Å². The molecule has 0 saturated carbocycles. The highest BCUT2D eigenvalue weighted by Gasteiger charge is 2.11. The fraction of sp³-hybridized carbons (Fsp3) is 0.176. The number of rotatable bonds is 4. The summed E-state index contributed by atoms with van der Waals surface area (Å²) in [7, 11) is 0. The second-order valence-electron chi connectivity index (χ2n) is 5.29. The fourth-order valence-corrected chi connectivity index (χ4v) is 2.20. The molecule has 2 rings (SSSR count). The van der Waals surface area contributed by atoms with Gasteiger partial charge in [-0.1, -0.05) is 23.7 Å². The molecule has 0 amide bonds. The monoisotopic (exact) mass is 345 g/mol. The summed E-state index contributed by atoms with van der Waals surface area (Å²) < 4.78 is 1.42. The van der Waals surface area contributed by atoms with Crippen molar-refractivity contribution in [3.05, 3.63) is 74.9 Å². The number of aromatic nitrogens is 1. The number of pyridine rings is 1. The van der Waals surface area contributed by atoms with Crippen molar-refractivity contribution in [2.24, 2.45) is 4.99 Å². The van der Waals surface area contributed by atoms with Crippen molar-refractivity contribution in [1.29, 1.82) is 0 Å². The topological polar surface area (TPSA) is 77.5 Å². The Balaban J connectivity index is 2.33. The quantitative estimate of drug-likeness (QED) is 0.481. The first-order chi connectivity index (χ1) is 11.4. The van der Waals surface area contributed by atoms with E-state index in [1.54, 1.807) is 30.5 Å². The van der Waals surface area contributed by atoms with Crippen molar-refractivity contribution in [3.8, 4) is 0 Å². The molecular weight excluding hydrogens is 330 g/mol. The molecule has 2 aromatic rings. The summed E-state index contributed by atoms with van der Waals surface area (Å²) >= 11 is 5.77. The van der Waals surface area contributed by atoms with E-state index < -0.39 is 4.92 Å². The summed E-state index contributed by atoms with van der Waals surface area (Å²) in [6.07, 6.45) is 4.47. The molecule has 1 aromatic heterocycles. The second-order valence-corrected chi connectivity index (χ2v) is 5.70. The Morgan fingerprint density at radius 3 is 2.75 bits per heavy atom. The van der Waals surface area contributed by atoms with Gasteiger partial charge in [0.15, 0.2) is 0 Å². The molecule has 0 aliphatic heterocycles. The zero-order valence-corrected chi connectivity index (χ0v) is 14.0. The molecule has 124 valence electrons. The molecule has 1 heterocycles. The molecule has 6 nitrogen and oxygen atoms in total. The van der Waals surface area contributed by atoms with Gasteiger partial charge in [0.1, 0.15) is 10.5 Å². The summed E-state index contributed by atoms with van der Waals surface area (Å²) in [5, 5.41) is 10.9. The molecule has 0 radical (unpaired) electrons. The first kappa shape index (κ1) is 17.6. The smallest absolute Gasteiger partial charge is 0.269 e. The van der Waals surface area contributed by atoms with Crippen LogP contribution < -0.4 is 5.49 Å². The van der Waals surface area contributed by atoms with Gasteiger partial charge in [0.25, 0.3) is 11.6 Å². The number of carbonyl (C=O) groups excluding carboxylic acids is 1. The minimum absolute atomic E-state index is 0.0503. The SMILES string of the molecule is CC(C)N=c1ccccn1C(=O)/C=C\c1ccc(Cl)c([N+](=O)[O-])c1. The van der Waals surface area contributed by atoms with Gasteiger partial charge in [-0.3, -0.25) is 24.5 Å². The molecule has 1 aromatic carbocycles. The Morgan fingerprint density at radius 2 is 2.08 bits per heavy atom. The normalized spacial score (nSPS) is 12.1. The van der Waals surface area contributed by atoms with Crippen LogP contribution in [0.2, 0.25) is 5.02 Å². The van der Waals surface area contributed by atoms with Crippen LogP contribution in [-0.4, -0.2) is 21.4 Å². The van der Waals surface area contributed by atoms with Crippen molar-refractivity contribution in [2.75, 3.05) is 0 Å². The third-order valence-corrected chi connectivity index (χ3v) is 3.37. The van der Waals surface area contributed by atoms with Crippen LogP contribution in [0.1, 0.15) is 24.2 Å². The number of carbonyl (C=O) groups is 1. The van der Waals surface area contributed by atoms with Gasteiger partial charge in [-0.25, -0.2) is 0 Å². The molecule has 0 saturated heterocycles. The van der Waals surface area contributed by atoms with Crippen LogP contribution in [0.5, 0.6) is 0 Å². The van der Waals surface area contributed by atoms with Gasteiger partial charge in [-0.15, -0.1) is 0 Å². The molecule has 0 atom stereocenters. The zero-order chi connectivity index (χ0) is 17.7. The van der Waals surface area contributed by atoms with Crippen molar-refractivity contribution < 1.29 is 9.72 Å². The molecular formula is C17H16ClN3O3. The molecule has 0 aliphatic carbocycles. The summed E-state index contributed by atoms with van der Waals surface area (Å²) in [5.41, 5.74) is 0.858. The summed E-state index contributed by atoms with van der Waals surface area (Å²) in [6.45, 7) is 3.84. The summed E-state index contributed by atoms with van der Waals surface area (Å²) in [5.74, 6) is -0.299. The Labute approximate surface area is 143 Å². The van der Waals surface area contributed by atoms with Crippen LogP contribution in [0.15, 0.2) is 53.7 Å². The van der Waals surface area contributed by atoms with Gasteiger partial charge in [-0.2, -0.15) is 0 Å². The first-order valence-corrected chi connectivity index (χ1v) is 7.64. The largest absolute Gasteiger partial charge is 0.288 e. The molecule has 7 heteroatoms. The Morgan fingerprint density at radius 1 is 1.33 bits per heavy atom. The van der Waals surface area contributed by atoms with E-state index in [4.69, 9.17) is 11.6 Å². The fourth-order valence-electron chi connectivity index (χ4n) is 2.01. The van der Waals surface area contributed by atoms with E-state index in [2.05, 4.69) is 4.99 Å². The van der Waals surface area contributed by atoms with Crippen molar-refractivity contribution in [2.45, 2.75) is 19.9 Å². The van der Waals surface area contributed by atoms with E-state index in [0.717, 1.165) is 0 Å². The second kappa shape index (κ2) is 7.70. The predicted octanol–water partition coefficient (Wildman–Crippen LogP) is 3.71. The van der Waals surface area contributed by atoms with Gasteiger partial charge in [0, 0.05) is 24.4 Å². The average molecular weight is 346 g/mol. The van der Waals surface area contributed by atoms with Crippen molar-refractivity contribution in [3.63, 3.8) is 0 Å². The lowest BCUT2D eigenvalue weighted by Gasteiger charge is -2.04. The van der Waals surface area contributed by atoms with E-state index in [0.29, 0.717) is 11.1 Å². The van der Waals surface area contributed by atoms with Crippen LogP contribution >= 0.6 is 11.6 Å². The van der Waals surface area contributed by atoms with Crippen LogP contribution in [0, 0.1) is 10.1 Å². The third-order valence-electron chi connectivity index (χ3n) is 3.05. The van der Waals surface area contributed by atoms with Gasteiger partial charge in [0.2, 0.25) is 0 Å². The maximum atomic E-state index is 12.4. The molecule has 24 heavy (non-hydrogen) atoms.